The summed E-state index contributed by atoms with van der Waals surface area (Å²) in [5.74, 6) is 2.51. The summed E-state index contributed by atoms with van der Waals surface area (Å²) in [4.78, 5) is 13.3. The Morgan fingerprint density at radius 1 is 1.06 bits per heavy atom. The fraction of sp³-hybridized carbons (Fsp3) is 0.607. The number of hydrogen-bond acceptors (Lipinski definition) is 2. The Morgan fingerprint density at radius 3 is 2.61 bits per heavy atom. The lowest BCUT2D eigenvalue weighted by Crippen LogP contribution is -2.50. The van der Waals surface area contributed by atoms with Crippen LogP contribution in [0.25, 0.3) is 6.08 Å². The van der Waals surface area contributed by atoms with Crippen molar-refractivity contribution in [1.82, 2.24) is 0 Å². The average Bonchev–Trinajstić information content (AvgIpc) is 3.11. The Labute approximate surface area is 191 Å². The number of fused-ring (bicyclic) bond motifs is 5. The zero-order valence-corrected chi connectivity index (χ0v) is 19.6. The highest BCUT2D eigenvalue weighted by atomic mass is 35.5. The molecule has 0 spiro atoms. The van der Waals surface area contributed by atoms with Gasteiger partial charge in [-0.15, -0.1) is 0 Å². The molecule has 3 heteroatoms. The molecule has 4 aliphatic carbocycles. The van der Waals surface area contributed by atoms with E-state index in [1.807, 2.05) is 36.4 Å². The normalized spacial score (nSPS) is 41.9. The predicted molar refractivity (Wildman–Crippen MR) is 127 cm³/mol. The maximum atomic E-state index is 13.3. The molecule has 1 aromatic carbocycles. The number of aliphatic hydroxyl groups excluding tert-OH is 1. The average molecular weight is 439 g/mol. The second kappa shape index (κ2) is 7.89. The van der Waals surface area contributed by atoms with Crippen molar-refractivity contribution >= 4 is 23.5 Å². The molecule has 0 amide bonds. The molecule has 2 nitrogen and oxygen atoms in total. The molecular formula is C28H35ClO2. The van der Waals surface area contributed by atoms with Crippen LogP contribution in [0.3, 0.4) is 0 Å². The van der Waals surface area contributed by atoms with Crippen LogP contribution in [0, 0.1) is 34.5 Å². The lowest BCUT2D eigenvalue weighted by molar-refractivity contribution is -0.124. The van der Waals surface area contributed by atoms with E-state index < -0.39 is 0 Å². The lowest BCUT2D eigenvalue weighted by Gasteiger charge is -2.57. The van der Waals surface area contributed by atoms with Crippen molar-refractivity contribution in [2.45, 2.75) is 71.3 Å². The van der Waals surface area contributed by atoms with Crippen LogP contribution in [-0.4, -0.2) is 17.0 Å². The van der Waals surface area contributed by atoms with Crippen molar-refractivity contribution in [2.24, 2.45) is 34.5 Å². The molecular weight excluding hydrogens is 404 g/mol. The van der Waals surface area contributed by atoms with Crippen LogP contribution in [0.4, 0.5) is 0 Å². The summed E-state index contributed by atoms with van der Waals surface area (Å²) in [6.07, 6.45) is 14.8. The molecule has 0 heterocycles. The van der Waals surface area contributed by atoms with Gasteiger partial charge in [-0.25, -0.2) is 0 Å². The first-order chi connectivity index (χ1) is 14.8. The van der Waals surface area contributed by atoms with Crippen molar-refractivity contribution in [1.29, 1.82) is 0 Å². The van der Waals surface area contributed by atoms with Crippen LogP contribution in [0.2, 0.25) is 5.02 Å². The van der Waals surface area contributed by atoms with Crippen LogP contribution in [0.15, 0.2) is 42.0 Å². The van der Waals surface area contributed by atoms with Gasteiger partial charge in [-0.1, -0.05) is 55.3 Å². The van der Waals surface area contributed by atoms with E-state index in [0.717, 1.165) is 55.0 Å². The predicted octanol–water partition coefficient (Wildman–Crippen LogP) is 6.86. The Balaban J connectivity index is 1.35. The molecule has 1 N–H and O–H groups in total. The van der Waals surface area contributed by atoms with E-state index in [2.05, 4.69) is 19.9 Å². The van der Waals surface area contributed by atoms with Gasteiger partial charge in [-0.2, -0.15) is 0 Å². The summed E-state index contributed by atoms with van der Waals surface area (Å²) >= 11 is 5.98. The molecule has 0 aliphatic heterocycles. The number of benzene rings is 1. The minimum atomic E-state index is -0.148. The number of aliphatic hydroxyl groups is 1. The zero-order valence-electron chi connectivity index (χ0n) is 18.8. The standard InChI is InChI=1S/C28H35ClO2/c1-27-15-13-21(30)17-19(27)6-9-22-23-10-11-25(28(23,2)16-14-24(22)27)26(31)12-5-18-3-7-20(29)8-4-18/h3-8,12,21-25,30H,9-11,13-17H2,1-2H3/t21-,22-,23-,24-,25+,27-,28-/m0/s1. The van der Waals surface area contributed by atoms with Gasteiger partial charge in [0.1, 0.15) is 0 Å². The number of allylic oxidation sites excluding steroid dienone is 2. The summed E-state index contributed by atoms with van der Waals surface area (Å²) < 4.78 is 0. The first-order valence-corrected chi connectivity index (χ1v) is 12.5. The van der Waals surface area contributed by atoms with Crippen LogP contribution in [0.1, 0.15) is 70.8 Å². The lowest BCUT2D eigenvalue weighted by atomic mass is 9.47. The fourth-order valence-electron chi connectivity index (χ4n) is 7.98. The van der Waals surface area contributed by atoms with Gasteiger partial charge in [0.25, 0.3) is 0 Å². The van der Waals surface area contributed by atoms with E-state index in [-0.39, 0.29) is 22.9 Å². The summed E-state index contributed by atoms with van der Waals surface area (Å²) in [5, 5.41) is 10.9. The maximum Gasteiger partial charge on any atom is 0.159 e. The van der Waals surface area contributed by atoms with Gasteiger partial charge in [0.15, 0.2) is 5.78 Å². The van der Waals surface area contributed by atoms with Crippen molar-refractivity contribution in [2.75, 3.05) is 0 Å². The number of rotatable bonds is 3. The Morgan fingerprint density at radius 2 is 1.84 bits per heavy atom. The van der Waals surface area contributed by atoms with Gasteiger partial charge in [-0.05, 0) is 104 Å². The molecule has 3 saturated carbocycles. The smallest absolute Gasteiger partial charge is 0.159 e. The van der Waals surface area contributed by atoms with Crippen LogP contribution < -0.4 is 0 Å². The molecule has 0 bridgehead atoms. The summed E-state index contributed by atoms with van der Waals surface area (Å²) in [7, 11) is 0. The summed E-state index contributed by atoms with van der Waals surface area (Å²) in [6.45, 7) is 4.88. The molecule has 4 aliphatic rings. The number of carbonyl (C=O) groups excluding carboxylic acids is 1. The third-order valence-electron chi connectivity index (χ3n) is 9.73. The molecule has 0 radical (unpaired) electrons. The number of ketones is 1. The van der Waals surface area contributed by atoms with Crippen LogP contribution >= 0.6 is 11.6 Å². The minimum absolute atomic E-state index is 0.123. The maximum absolute atomic E-state index is 13.3. The van der Waals surface area contributed by atoms with E-state index in [1.54, 1.807) is 0 Å². The van der Waals surface area contributed by atoms with Gasteiger partial charge >= 0.3 is 0 Å². The quantitative estimate of drug-likeness (QED) is 0.413. The van der Waals surface area contributed by atoms with E-state index in [9.17, 15) is 9.90 Å². The highest BCUT2D eigenvalue weighted by molar-refractivity contribution is 6.30. The van der Waals surface area contributed by atoms with Crippen molar-refractivity contribution < 1.29 is 9.90 Å². The van der Waals surface area contributed by atoms with Crippen LogP contribution in [-0.2, 0) is 4.79 Å². The molecule has 3 fully saturated rings. The van der Waals surface area contributed by atoms with Gasteiger partial charge < -0.3 is 5.11 Å². The Bertz CT molecular complexity index is 915. The van der Waals surface area contributed by atoms with Gasteiger partial charge in [-0.3, -0.25) is 4.79 Å². The molecule has 0 aromatic heterocycles. The zero-order chi connectivity index (χ0) is 21.8. The molecule has 0 unspecified atom stereocenters. The van der Waals surface area contributed by atoms with E-state index >= 15 is 0 Å². The second-order valence-corrected chi connectivity index (χ2v) is 11.6. The second-order valence-electron chi connectivity index (χ2n) is 11.1. The van der Waals surface area contributed by atoms with E-state index in [1.165, 1.54) is 18.4 Å². The molecule has 31 heavy (non-hydrogen) atoms. The van der Waals surface area contributed by atoms with Crippen LogP contribution in [0.5, 0.6) is 0 Å². The minimum Gasteiger partial charge on any atom is -0.393 e. The number of halogens is 1. The highest BCUT2D eigenvalue weighted by Crippen LogP contribution is 2.66. The van der Waals surface area contributed by atoms with E-state index in [0.29, 0.717) is 17.6 Å². The molecule has 0 saturated heterocycles. The molecule has 166 valence electrons. The first kappa shape index (κ1) is 21.5. The van der Waals surface area contributed by atoms with Crippen molar-refractivity contribution in [3.63, 3.8) is 0 Å². The van der Waals surface area contributed by atoms with Crippen molar-refractivity contribution in [3.8, 4) is 0 Å². The number of hydrogen-bond donors (Lipinski definition) is 1. The first-order valence-electron chi connectivity index (χ1n) is 12.2. The third kappa shape index (κ3) is 3.55. The highest BCUT2D eigenvalue weighted by Gasteiger charge is 2.59. The van der Waals surface area contributed by atoms with Gasteiger partial charge in [0.05, 0.1) is 6.10 Å². The Hall–Kier alpha value is -1.38. The van der Waals surface area contributed by atoms with Crippen molar-refractivity contribution in [3.05, 3.63) is 52.6 Å². The van der Waals surface area contributed by atoms with Gasteiger partial charge in [0, 0.05) is 10.9 Å². The third-order valence-corrected chi connectivity index (χ3v) is 9.98. The molecule has 1 aromatic rings. The fourth-order valence-corrected chi connectivity index (χ4v) is 8.10. The summed E-state index contributed by atoms with van der Waals surface area (Å²) in [5.41, 5.74) is 2.93. The Kier molecular flexibility index (Phi) is 5.46. The molecule has 5 rings (SSSR count). The SMILES string of the molecule is C[C@]12CC[C@H]3[C@@H](CC=C4C[C@@H](O)CC[C@@]43C)[C@@H]1CC[C@@H]2C(=O)C=Cc1ccc(Cl)cc1. The topological polar surface area (TPSA) is 37.3 Å². The largest absolute Gasteiger partial charge is 0.393 e. The summed E-state index contributed by atoms with van der Waals surface area (Å²) in [6, 6.07) is 7.67. The molecule has 7 atom stereocenters. The monoisotopic (exact) mass is 438 g/mol. The van der Waals surface area contributed by atoms with E-state index in [4.69, 9.17) is 11.6 Å². The van der Waals surface area contributed by atoms with Gasteiger partial charge in [0.2, 0.25) is 0 Å². The number of carbonyl (C=O) groups is 1.